The summed E-state index contributed by atoms with van der Waals surface area (Å²) < 4.78 is 24.5. The van der Waals surface area contributed by atoms with Crippen LogP contribution in [-0.4, -0.2) is 23.2 Å². The highest BCUT2D eigenvalue weighted by atomic mass is 19.1. The van der Waals surface area contributed by atoms with Gasteiger partial charge in [-0.15, -0.1) is 0 Å². The van der Waals surface area contributed by atoms with E-state index in [9.17, 15) is 8.78 Å². The van der Waals surface area contributed by atoms with Crippen molar-refractivity contribution in [3.8, 4) is 0 Å². The number of nitrogens with one attached hydrogen (secondary N) is 1. The lowest BCUT2D eigenvalue weighted by atomic mass is 10.4. The lowest BCUT2D eigenvalue weighted by Crippen LogP contribution is -2.08. The Balaban J connectivity index is 2.59. The van der Waals surface area contributed by atoms with Crippen LogP contribution in [0.4, 0.5) is 20.5 Å². The Morgan fingerprint density at radius 1 is 1.54 bits per heavy atom. The van der Waals surface area contributed by atoms with E-state index in [4.69, 9.17) is 5.73 Å². The number of nitrogens with zero attached hydrogens (tertiary/aromatic N) is 2. The molecule has 1 aromatic heterocycles. The Hall–Kier alpha value is -1.46. The van der Waals surface area contributed by atoms with Gasteiger partial charge >= 0.3 is 0 Å². The zero-order chi connectivity index (χ0) is 9.68. The third-order valence-electron chi connectivity index (χ3n) is 1.37. The van der Waals surface area contributed by atoms with Gasteiger partial charge in [0.2, 0.25) is 5.95 Å². The SMILES string of the molecule is Nc1ncc(F)c(NCCCF)n1. The zero-order valence-electron chi connectivity index (χ0n) is 6.93. The van der Waals surface area contributed by atoms with E-state index in [0.29, 0.717) is 13.0 Å². The first kappa shape index (κ1) is 9.63. The van der Waals surface area contributed by atoms with Crippen LogP contribution in [0.15, 0.2) is 6.20 Å². The van der Waals surface area contributed by atoms with E-state index in [0.717, 1.165) is 6.20 Å². The van der Waals surface area contributed by atoms with Crippen LogP contribution >= 0.6 is 0 Å². The van der Waals surface area contributed by atoms with Crippen LogP contribution in [0.2, 0.25) is 0 Å². The third-order valence-corrected chi connectivity index (χ3v) is 1.37. The fraction of sp³-hybridized carbons (Fsp3) is 0.429. The molecule has 0 amide bonds. The van der Waals surface area contributed by atoms with Crippen LogP contribution in [0.3, 0.4) is 0 Å². The number of hydrogen-bond donors (Lipinski definition) is 2. The van der Waals surface area contributed by atoms with Crippen molar-refractivity contribution >= 4 is 11.8 Å². The van der Waals surface area contributed by atoms with E-state index in [1.54, 1.807) is 0 Å². The molecule has 4 nitrogen and oxygen atoms in total. The smallest absolute Gasteiger partial charge is 0.222 e. The van der Waals surface area contributed by atoms with Gasteiger partial charge in [0.15, 0.2) is 11.6 Å². The average molecular weight is 188 g/mol. The van der Waals surface area contributed by atoms with E-state index in [1.807, 2.05) is 0 Å². The van der Waals surface area contributed by atoms with Gasteiger partial charge in [-0.3, -0.25) is 4.39 Å². The lowest BCUT2D eigenvalue weighted by Gasteiger charge is -2.04. The van der Waals surface area contributed by atoms with Gasteiger partial charge in [-0.05, 0) is 6.42 Å². The van der Waals surface area contributed by atoms with Crippen LogP contribution in [-0.2, 0) is 0 Å². The van der Waals surface area contributed by atoms with Gasteiger partial charge in [0, 0.05) is 6.54 Å². The molecule has 0 saturated carbocycles. The molecule has 0 radical (unpaired) electrons. The molecule has 3 N–H and O–H groups in total. The van der Waals surface area contributed by atoms with E-state index < -0.39 is 12.5 Å². The molecule has 0 bridgehead atoms. The highest BCUT2D eigenvalue weighted by molar-refractivity contribution is 5.38. The Labute approximate surface area is 74.2 Å². The summed E-state index contributed by atoms with van der Waals surface area (Å²) in [5.41, 5.74) is 5.23. The minimum absolute atomic E-state index is 0.0100. The van der Waals surface area contributed by atoms with E-state index >= 15 is 0 Å². The van der Waals surface area contributed by atoms with Crippen molar-refractivity contribution in [3.63, 3.8) is 0 Å². The maximum atomic E-state index is 12.9. The summed E-state index contributed by atoms with van der Waals surface area (Å²) in [6.07, 6.45) is 1.28. The molecule has 0 aromatic carbocycles. The average Bonchev–Trinajstić information content (AvgIpc) is 2.11. The summed E-state index contributed by atoms with van der Waals surface area (Å²) >= 11 is 0. The molecule has 72 valence electrons. The van der Waals surface area contributed by atoms with Crippen molar-refractivity contribution in [1.29, 1.82) is 0 Å². The van der Waals surface area contributed by atoms with Gasteiger partial charge in [-0.25, -0.2) is 9.37 Å². The molecule has 0 saturated heterocycles. The first-order valence-corrected chi connectivity index (χ1v) is 3.82. The molecule has 13 heavy (non-hydrogen) atoms. The largest absolute Gasteiger partial charge is 0.368 e. The fourth-order valence-corrected chi connectivity index (χ4v) is 0.778. The Morgan fingerprint density at radius 3 is 3.00 bits per heavy atom. The molecule has 0 aliphatic rings. The highest BCUT2D eigenvalue weighted by Crippen LogP contribution is 2.09. The first-order valence-electron chi connectivity index (χ1n) is 3.82. The fourth-order valence-electron chi connectivity index (χ4n) is 0.778. The van der Waals surface area contributed by atoms with Gasteiger partial charge in [-0.2, -0.15) is 4.98 Å². The number of hydrogen-bond acceptors (Lipinski definition) is 4. The summed E-state index contributed by atoms with van der Waals surface area (Å²) in [6.45, 7) is -0.126. The van der Waals surface area contributed by atoms with Gasteiger partial charge < -0.3 is 11.1 Å². The molecular formula is C7H10F2N4. The predicted octanol–water partition coefficient (Wildman–Crippen LogP) is 0.969. The minimum atomic E-state index is -0.590. The molecule has 0 aliphatic heterocycles. The molecule has 1 aromatic rings. The van der Waals surface area contributed by atoms with Crippen molar-refractivity contribution < 1.29 is 8.78 Å². The quantitative estimate of drug-likeness (QED) is 0.691. The molecule has 0 spiro atoms. The van der Waals surface area contributed by atoms with Gasteiger partial charge in [0.25, 0.3) is 0 Å². The normalized spacial score (nSPS) is 10.0. The molecule has 1 rings (SSSR count). The molecule has 0 fully saturated rings. The van der Waals surface area contributed by atoms with Crippen molar-refractivity contribution in [2.45, 2.75) is 6.42 Å². The third kappa shape index (κ3) is 2.81. The molecule has 0 unspecified atom stereocenters. The maximum absolute atomic E-state index is 12.9. The van der Waals surface area contributed by atoms with Crippen LogP contribution in [0.1, 0.15) is 6.42 Å². The van der Waals surface area contributed by atoms with E-state index in [1.165, 1.54) is 0 Å². The molecule has 0 atom stereocenters. The summed E-state index contributed by atoms with van der Waals surface area (Å²) in [7, 11) is 0. The summed E-state index contributed by atoms with van der Waals surface area (Å²) in [6, 6.07) is 0. The Bertz CT molecular complexity index is 279. The number of aromatic nitrogens is 2. The number of anilines is 2. The topological polar surface area (TPSA) is 63.8 Å². The zero-order valence-corrected chi connectivity index (χ0v) is 6.93. The van der Waals surface area contributed by atoms with Crippen LogP contribution in [0.25, 0.3) is 0 Å². The number of nitrogen functional groups attached to an aromatic ring is 1. The second-order valence-electron chi connectivity index (χ2n) is 2.39. The summed E-state index contributed by atoms with van der Waals surface area (Å²) in [5.74, 6) is -0.585. The van der Waals surface area contributed by atoms with Crippen molar-refractivity contribution in [2.75, 3.05) is 24.3 Å². The van der Waals surface area contributed by atoms with Crippen LogP contribution in [0.5, 0.6) is 0 Å². The number of halogens is 2. The molecule has 6 heteroatoms. The summed E-state index contributed by atoms with van der Waals surface area (Å²) in [4.78, 5) is 7.05. The van der Waals surface area contributed by atoms with Gasteiger partial charge in [-0.1, -0.05) is 0 Å². The van der Waals surface area contributed by atoms with Gasteiger partial charge in [0.1, 0.15) is 0 Å². The first-order chi connectivity index (χ1) is 6.24. The van der Waals surface area contributed by atoms with Crippen LogP contribution in [0, 0.1) is 5.82 Å². The standard InChI is InChI=1S/C7H10F2N4/c8-2-1-3-11-6-5(9)4-12-7(10)13-6/h4H,1-3H2,(H3,10,11,12,13). The second-order valence-corrected chi connectivity index (χ2v) is 2.39. The van der Waals surface area contributed by atoms with Crippen LogP contribution < -0.4 is 11.1 Å². The van der Waals surface area contributed by atoms with Gasteiger partial charge in [0.05, 0.1) is 12.9 Å². The Kier molecular flexibility index (Phi) is 3.36. The number of rotatable bonds is 4. The second kappa shape index (κ2) is 4.54. The van der Waals surface area contributed by atoms with E-state index in [-0.39, 0.29) is 11.8 Å². The predicted molar refractivity (Wildman–Crippen MR) is 45.5 cm³/mol. The Morgan fingerprint density at radius 2 is 2.31 bits per heavy atom. The maximum Gasteiger partial charge on any atom is 0.222 e. The summed E-state index contributed by atoms with van der Waals surface area (Å²) in [5, 5.41) is 2.61. The highest BCUT2D eigenvalue weighted by Gasteiger charge is 2.03. The number of nitrogens with two attached hydrogens (primary N) is 1. The molecule has 0 aliphatic carbocycles. The minimum Gasteiger partial charge on any atom is -0.368 e. The monoisotopic (exact) mass is 188 g/mol. The molecule has 1 heterocycles. The van der Waals surface area contributed by atoms with Crippen molar-refractivity contribution in [2.24, 2.45) is 0 Å². The lowest BCUT2D eigenvalue weighted by molar-refractivity contribution is 0.480. The van der Waals surface area contributed by atoms with E-state index in [2.05, 4.69) is 15.3 Å². The number of alkyl halides is 1. The van der Waals surface area contributed by atoms with Crippen molar-refractivity contribution in [3.05, 3.63) is 12.0 Å². The van der Waals surface area contributed by atoms with Crippen molar-refractivity contribution in [1.82, 2.24) is 9.97 Å². The molecular weight excluding hydrogens is 178 g/mol.